The van der Waals surface area contributed by atoms with Gasteiger partial charge >= 0.3 is 0 Å². The lowest BCUT2D eigenvalue weighted by atomic mass is 9.95. The number of aromatic nitrogens is 1. The molecule has 0 radical (unpaired) electrons. The minimum atomic E-state index is -0.229. The van der Waals surface area contributed by atoms with Gasteiger partial charge in [-0.15, -0.1) is 0 Å². The second kappa shape index (κ2) is 10.8. The van der Waals surface area contributed by atoms with Crippen molar-refractivity contribution in [3.63, 3.8) is 0 Å². The molecule has 2 amide bonds. The van der Waals surface area contributed by atoms with Gasteiger partial charge in [-0.3, -0.25) is 14.5 Å². The summed E-state index contributed by atoms with van der Waals surface area (Å²) < 4.78 is 0. The first kappa shape index (κ1) is 23.8. The number of pyridine rings is 1. The van der Waals surface area contributed by atoms with E-state index in [1.54, 1.807) is 0 Å². The third-order valence-corrected chi connectivity index (χ3v) is 7.83. The van der Waals surface area contributed by atoms with Crippen molar-refractivity contribution in [1.82, 2.24) is 14.8 Å². The molecule has 2 atom stereocenters. The Morgan fingerprint density at radius 2 is 1.80 bits per heavy atom. The number of likely N-dealkylation sites (tertiary alicyclic amines) is 1. The summed E-state index contributed by atoms with van der Waals surface area (Å²) in [5, 5.41) is 0. The van der Waals surface area contributed by atoms with E-state index in [1.807, 2.05) is 46.3 Å². The summed E-state index contributed by atoms with van der Waals surface area (Å²) in [6.07, 6.45) is 5.28. The number of hydrogen-bond acceptors (Lipinski definition) is 5. The number of piperazine rings is 1. The number of rotatable bonds is 6. The number of hydrogen-bond donors (Lipinski definition) is 0. The van der Waals surface area contributed by atoms with Crippen LogP contribution in [-0.2, 0) is 16.0 Å². The zero-order valence-corrected chi connectivity index (χ0v) is 20.8. The highest BCUT2D eigenvalue weighted by molar-refractivity contribution is 6.00. The highest BCUT2D eigenvalue weighted by Crippen LogP contribution is 2.30. The minimum Gasteiger partial charge on any atom is -0.354 e. The summed E-state index contributed by atoms with van der Waals surface area (Å²) in [6, 6.07) is 14.1. The van der Waals surface area contributed by atoms with Crippen LogP contribution in [0.3, 0.4) is 0 Å². The predicted octanol–water partition coefficient (Wildman–Crippen LogP) is 3.06. The van der Waals surface area contributed by atoms with Gasteiger partial charge in [0.1, 0.15) is 5.82 Å². The first-order valence-corrected chi connectivity index (χ1v) is 13.2. The van der Waals surface area contributed by atoms with Gasteiger partial charge in [0.05, 0.1) is 5.92 Å². The Kier molecular flexibility index (Phi) is 7.32. The predicted molar refractivity (Wildman–Crippen MR) is 138 cm³/mol. The van der Waals surface area contributed by atoms with Crippen molar-refractivity contribution < 1.29 is 9.59 Å². The zero-order valence-electron chi connectivity index (χ0n) is 20.8. The average molecular weight is 476 g/mol. The summed E-state index contributed by atoms with van der Waals surface area (Å²) in [7, 11) is 0. The highest BCUT2D eigenvalue weighted by Gasteiger charge is 2.39. The molecule has 7 heteroatoms. The topological polar surface area (TPSA) is 60.0 Å². The molecule has 3 aliphatic heterocycles. The maximum absolute atomic E-state index is 13.4. The second-order valence-corrected chi connectivity index (χ2v) is 10.2. The Balaban J connectivity index is 1.14. The Morgan fingerprint density at radius 1 is 1.00 bits per heavy atom. The van der Waals surface area contributed by atoms with Crippen molar-refractivity contribution in [3.05, 3.63) is 54.2 Å². The zero-order chi connectivity index (χ0) is 24.2. The number of anilines is 2. The van der Waals surface area contributed by atoms with Crippen molar-refractivity contribution >= 4 is 23.3 Å². The van der Waals surface area contributed by atoms with E-state index in [4.69, 9.17) is 0 Å². The van der Waals surface area contributed by atoms with Crippen molar-refractivity contribution in [2.75, 3.05) is 62.2 Å². The SMILES string of the molecule is CCc1ccccc1N1C[C@H](C(=O)N2CCC[C@H](CN3CCN(c4ccccn4)CC3)C2)CC1=O. The maximum Gasteiger partial charge on any atom is 0.228 e. The molecule has 5 rings (SSSR count). The van der Waals surface area contributed by atoms with Crippen LogP contribution in [0.5, 0.6) is 0 Å². The lowest BCUT2D eigenvalue weighted by Gasteiger charge is -2.40. The van der Waals surface area contributed by atoms with Crippen molar-refractivity contribution in [1.29, 1.82) is 0 Å². The molecule has 3 aliphatic rings. The van der Waals surface area contributed by atoms with Gasteiger partial charge in [-0.25, -0.2) is 4.98 Å². The lowest BCUT2D eigenvalue weighted by molar-refractivity contribution is -0.137. The fourth-order valence-electron chi connectivity index (χ4n) is 5.92. The summed E-state index contributed by atoms with van der Waals surface area (Å²) >= 11 is 0. The molecular formula is C28H37N5O2. The summed E-state index contributed by atoms with van der Waals surface area (Å²) in [6.45, 7) is 9.33. The molecule has 0 N–H and O–H groups in total. The van der Waals surface area contributed by atoms with Crippen LogP contribution < -0.4 is 9.80 Å². The van der Waals surface area contributed by atoms with Crippen LogP contribution in [0, 0.1) is 11.8 Å². The Labute approximate surface area is 208 Å². The van der Waals surface area contributed by atoms with Gasteiger partial charge in [0.2, 0.25) is 11.8 Å². The molecular weight excluding hydrogens is 438 g/mol. The van der Waals surface area contributed by atoms with E-state index < -0.39 is 0 Å². The van der Waals surface area contributed by atoms with Crippen molar-refractivity contribution in [2.24, 2.45) is 11.8 Å². The quantitative estimate of drug-likeness (QED) is 0.643. The van der Waals surface area contributed by atoms with Crippen LogP contribution >= 0.6 is 0 Å². The molecule has 0 bridgehead atoms. The van der Waals surface area contributed by atoms with E-state index in [-0.39, 0.29) is 17.7 Å². The summed E-state index contributed by atoms with van der Waals surface area (Å²) in [4.78, 5) is 39.5. The number of benzene rings is 1. The van der Waals surface area contributed by atoms with Gasteiger partial charge < -0.3 is 14.7 Å². The van der Waals surface area contributed by atoms with Crippen LogP contribution in [0.1, 0.15) is 31.7 Å². The molecule has 7 nitrogen and oxygen atoms in total. The van der Waals surface area contributed by atoms with Gasteiger partial charge in [0.15, 0.2) is 0 Å². The molecule has 0 aliphatic carbocycles. The van der Waals surface area contributed by atoms with E-state index in [1.165, 1.54) is 6.42 Å². The van der Waals surface area contributed by atoms with Crippen LogP contribution in [-0.4, -0.2) is 79.0 Å². The smallest absolute Gasteiger partial charge is 0.228 e. The average Bonchev–Trinajstić information content (AvgIpc) is 3.30. The number of carbonyl (C=O) groups is 2. The molecule has 1 aromatic heterocycles. The maximum atomic E-state index is 13.4. The van der Waals surface area contributed by atoms with E-state index in [2.05, 4.69) is 33.8 Å². The van der Waals surface area contributed by atoms with E-state index in [9.17, 15) is 9.59 Å². The number of aryl methyl sites for hydroxylation is 1. The molecule has 0 spiro atoms. The minimum absolute atomic E-state index is 0.0728. The van der Waals surface area contributed by atoms with Crippen molar-refractivity contribution in [3.8, 4) is 0 Å². The molecule has 0 unspecified atom stereocenters. The third kappa shape index (κ3) is 5.35. The van der Waals surface area contributed by atoms with E-state index >= 15 is 0 Å². The molecule has 1 aromatic carbocycles. The number of piperidine rings is 1. The Hall–Kier alpha value is -2.93. The van der Waals surface area contributed by atoms with Crippen molar-refractivity contribution in [2.45, 2.75) is 32.6 Å². The Morgan fingerprint density at radius 3 is 2.57 bits per heavy atom. The Bertz CT molecular complexity index is 1020. The van der Waals surface area contributed by atoms with Gasteiger partial charge in [-0.1, -0.05) is 31.2 Å². The molecule has 3 saturated heterocycles. The monoisotopic (exact) mass is 475 g/mol. The molecule has 4 heterocycles. The van der Waals surface area contributed by atoms with Crippen LogP contribution in [0.15, 0.2) is 48.7 Å². The fourth-order valence-corrected chi connectivity index (χ4v) is 5.92. The fraction of sp³-hybridized carbons (Fsp3) is 0.536. The standard InChI is InChI=1S/C28H37N5O2/c1-2-23-9-3-4-10-25(23)33-21-24(18-27(33)34)28(35)32-13-7-8-22(20-32)19-30-14-16-31(17-15-30)26-11-5-6-12-29-26/h3-6,9-12,22,24H,2,7-8,13-21H2,1H3/t22-,24-/m1/s1. The van der Waals surface area contributed by atoms with Gasteiger partial charge in [-0.2, -0.15) is 0 Å². The second-order valence-electron chi connectivity index (χ2n) is 10.2. The first-order chi connectivity index (χ1) is 17.1. The van der Waals surface area contributed by atoms with Gasteiger partial charge in [-0.05, 0) is 48.9 Å². The molecule has 35 heavy (non-hydrogen) atoms. The molecule has 186 valence electrons. The number of nitrogens with zero attached hydrogens (tertiary/aromatic N) is 5. The van der Waals surface area contributed by atoms with Crippen LogP contribution in [0.2, 0.25) is 0 Å². The normalized spacial score (nSPS) is 23.7. The summed E-state index contributed by atoms with van der Waals surface area (Å²) in [5.41, 5.74) is 2.13. The van der Waals surface area contributed by atoms with Gasteiger partial charge in [0, 0.05) is 70.7 Å². The largest absolute Gasteiger partial charge is 0.354 e. The molecule has 3 fully saturated rings. The van der Waals surface area contributed by atoms with Gasteiger partial charge in [0.25, 0.3) is 0 Å². The van der Waals surface area contributed by atoms with E-state index in [0.29, 0.717) is 18.9 Å². The first-order valence-electron chi connectivity index (χ1n) is 13.2. The number of para-hydroxylation sites is 1. The third-order valence-electron chi connectivity index (χ3n) is 7.83. The number of amides is 2. The van der Waals surface area contributed by atoms with E-state index in [0.717, 1.165) is 75.7 Å². The number of carbonyl (C=O) groups excluding carboxylic acids is 2. The molecule has 0 saturated carbocycles. The van der Waals surface area contributed by atoms with Crippen LogP contribution in [0.25, 0.3) is 0 Å². The summed E-state index contributed by atoms with van der Waals surface area (Å²) in [5.74, 6) is 1.57. The van der Waals surface area contributed by atoms with Crippen LogP contribution in [0.4, 0.5) is 11.5 Å². The lowest BCUT2D eigenvalue weighted by Crippen LogP contribution is -2.51. The highest BCUT2D eigenvalue weighted by atomic mass is 16.2. The molecule has 2 aromatic rings.